The molecule has 106 valence electrons. The Morgan fingerprint density at radius 2 is 1.84 bits per heavy atom. The van der Waals surface area contributed by atoms with Crippen LogP contribution in [0.4, 0.5) is 0 Å². The van der Waals surface area contributed by atoms with Crippen LogP contribution < -0.4 is 10.6 Å². The van der Waals surface area contributed by atoms with Gasteiger partial charge in [0, 0.05) is 24.7 Å². The molecule has 0 saturated carbocycles. The summed E-state index contributed by atoms with van der Waals surface area (Å²) >= 11 is 5.86. The molecular weight excluding hydrogens is 258 g/mol. The van der Waals surface area contributed by atoms with Crippen molar-refractivity contribution in [3.05, 3.63) is 34.9 Å². The maximum Gasteiger partial charge on any atom is 0.191 e. The zero-order chi connectivity index (χ0) is 14.3. The van der Waals surface area contributed by atoms with Crippen LogP contribution in [0.15, 0.2) is 29.3 Å². The molecule has 1 aromatic rings. The Morgan fingerprint density at radius 3 is 2.37 bits per heavy atom. The third-order valence-corrected chi connectivity index (χ3v) is 3.46. The fraction of sp³-hybridized carbons (Fsp3) is 0.533. The first-order valence-corrected chi connectivity index (χ1v) is 7.12. The van der Waals surface area contributed by atoms with Crippen molar-refractivity contribution in [2.24, 2.45) is 10.9 Å². The van der Waals surface area contributed by atoms with Crippen LogP contribution in [0, 0.1) is 5.92 Å². The Balaban J connectivity index is 2.36. The molecule has 0 fully saturated rings. The number of hydrogen-bond acceptors (Lipinski definition) is 1. The van der Waals surface area contributed by atoms with Crippen molar-refractivity contribution in [1.82, 2.24) is 10.6 Å². The maximum absolute atomic E-state index is 5.86. The van der Waals surface area contributed by atoms with Crippen LogP contribution in [0.5, 0.6) is 0 Å². The monoisotopic (exact) mass is 281 g/mol. The van der Waals surface area contributed by atoms with E-state index in [9.17, 15) is 0 Å². The van der Waals surface area contributed by atoms with Gasteiger partial charge >= 0.3 is 0 Å². The van der Waals surface area contributed by atoms with Crippen LogP contribution in [0.25, 0.3) is 0 Å². The highest BCUT2D eigenvalue weighted by molar-refractivity contribution is 6.30. The Kier molecular flexibility index (Phi) is 6.71. The van der Waals surface area contributed by atoms with Gasteiger partial charge in [0.1, 0.15) is 0 Å². The van der Waals surface area contributed by atoms with E-state index in [1.807, 2.05) is 12.1 Å². The summed E-state index contributed by atoms with van der Waals surface area (Å²) in [6.45, 7) is 7.40. The summed E-state index contributed by atoms with van der Waals surface area (Å²) in [5.41, 5.74) is 1.27. The first-order chi connectivity index (χ1) is 9.02. The fourth-order valence-corrected chi connectivity index (χ4v) is 1.68. The summed E-state index contributed by atoms with van der Waals surface area (Å²) in [5.74, 6) is 1.44. The number of nitrogens with one attached hydrogen (secondary N) is 2. The molecule has 0 spiro atoms. The molecule has 0 bridgehead atoms. The molecule has 0 amide bonds. The molecule has 0 radical (unpaired) electrons. The Morgan fingerprint density at radius 1 is 1.21 bits per heavy atom. The molecule has 2 N–H and O–H groups in total. The number of nitrogens with zero attached hydrogens (tertiary/aromatic N) is 1. The predicted molar refractivity (Wildman–Crippen MR) is 84.0 cm³/mol. The number of aliphatic imine (C=N–C) groups is 1. The van der Waals surface area contributed by atoms with Crippen LogP contribution in [-0.2, 0) is 6.42 Å². The van der Waals surface area contributed by atoms with Crippen molar-refractivity contribution in [3.63, 3.8) is 0 Å². The molecular formula is C15H24ClN3. The summed E-state index contributed by atoms with van der Waals surface area (Å²) < 4.78 is 0. The molecule has 3 nitrogen and oxygen atoms in total. The van der Waals surface area contributed by atoms with Crippen molar-refractivity contribution < 1.29 is 0 Å². The summed E-state index contributed by atoms with van der Waals surface area (Å²) in [6.07, 6.45) is 0.952. The first kappa shape index (κ1) is 15.8. The second-order valence-electron chi connectivity index (χ2n) is 5.05. The van der Waals surface area contributed by atoms with Gasteiger partial charge < -0.3 is 10.6 Å². The smallest absolute Gasteiger partial charge is 0.191 e. The minimum absolute atomic E-state index is 0.404. The molecule has 0 heterocycles. The van der Waals surface area contributed by atoms with E-state index in [2.05, 4.69) is 48.5 Å². The van der Waals surface area contributed by atoms with Gasteiger partial charge in [0.25, 0.3) is 0 Å². The van der Waals surface area contributed by atoms with Crippen LogP contribution in [0.1, 0.15) is 26.3 Å². The van der Waals surface area contributed by atoms with E-state index < -0.39 is 0 Å². The number of hydrogen-bond donors (Lipinski definition) is 2. The molecule has 0 saturated heterocycles. The lowest BCUT2D eigenvalue weighted by molar-refractivity contribution is 0.481. The van der Waals surface area contributed by atoms with E-state index >= 15 is 0 Å². The molecule has 4 heteroatoms. The van der Waals surface area contributed by atoms with Gasteiger partial charge in [0.15, 0.2) is 5.96 Å². The normalized spacial score (nSPS) is 13.5. The minimum atomic E-state index is 0.404. The Bertz CT molecular complexity index is 398. The van der Waals surface area contributed by atoms with Crippen LogP contribution in [-0.4, -0.2) is 25.6 Å². The van der Waals surface area contributed by atoms with Crippen LogP contribution in [0.2, 0.25) is 5.02 Å². The molecule has 0 aliphatic heterocycles. The third-order valence-electron chi connectivity index (χ3n) is 3.21. The van der Waals surface area contributed by atoms with E-state index in [0.29, 0.717) is 12.0 Å². The average molecular weight is 282 g/mol. The quantitative estimate of drug-likeness (QED) is 0.643. The number of rotatable bonds is 5. The highest BCUT2D eigenvalue weighted by Gasteiger charge is 2.08. The van der Waals surface area contributed by atoms with E-state index in [0.717, 1.165) is 23.9 Å². The Hall–Kier alpha value is -1.22. The molecule has 0 aliphatic rings. The first-order valence-electron chi connectivity index (χ1n) is 6.74. The van der Waals surface area contributed by atoms with Gasteiger partial charge in [-0.1, -0.05) is 37.6 Å². The van der Waals surface area contributed by atoms with Crippen molar-refractivity contribution in [2.45, 2.75) is 33.2 Å². The van der Waals surface area contributed by atoms with E-state index in [-0.39, 0.29) is 0 Å². The van der Waals surface area contributed by atoms with Gasteiger partial charge in [-0.2, -0.15) is 0 Å². The zero-order valence-electron chi connectivity index (χ0n) is 12.2. The lowest BCUT2D eigenvalue weighted by Gasteiger charge is -2.20. The highest BCUT2D eigenvalue weighted by Crippen LogP contribution is 2.09. The fourth-order valence-electron chi connectivity index (χ4n) is 1.55. The van der Waals surface area contributed by atoms with Crippen molar-refractivity contribution in [1.29, 1.82) is 0 Å². The van der Waals surface area contributed by atoms with Crippen molar-refractivity contribution in [2.75, 3.05) is 13.6 Å². The number of benzene rings is 1. The maximum atomic E-state index is 5.86. The van der Waals surface area contributed by atoms with Gasteiger partial charge in [-0.15, -0.1) is 0 Å². The summed E-state index contributed by atoms with van der Waals surface area (Å²) in [7, 11) is 1.80. The number of halogens is 1. The molecule has 1 aromatic carbocycles. The topological polar surface area (TPSA) is 36.4 Å². The van der Waals surface area contributed by atoms with E-state index in [4.69, 9.17) is 11.6 Å². The zero-order valence-corrected chi connectivity index (χ0v) is 13.0. The van der Waals surface area contributed by atoms with Crippen LogP contribution >= 0.6 is 11.6 Å². The summed E-state index contributed by atoms with van der Waals surface area (Å²) in [6, 6.07) is 8.35. The second-order valence-corrected chi connectivity index (χ2v) is 5.49. The minimum Gasteiger partial charge on any atom is -0.356 e. The third kappa shape index (κ3) is 5.97. The van der Waals surface area contributed by atoms with Gasteiger partial charge in [0.05, 0.1) is 0 Å². The largest absolute Gasteiger partial charge is 0.356 e. The SMILES string of the molecule is CN=C(NCCc1ccc(Cl)cc1)NC(C)C(C)C. The summed E-state index contributed by atoms with van der Waals surface area (Å²) in [5, 5.41) is 7.48. The average Bonchev–Trinajstić information content (AvgIpc) is 2.39. The second kappa shape index (κ2) is 8.05. The van der Waals surface area contributed by atoms with Gasteiger partial charge in [-0.05, 0) is 37.0 Å². The van der Waals surface area contributed by atoms with Crippen molar-refractivity contribution >= 4 is 17.6 Å². The van der Waals surface area contributed by atoms with E-state index in [1.54, 1.807) is 7.05 Å². The van der Waals surface area contributed by atoms with Gasteiger partial charge in [-0.25, -0.2) is 0 Å². The molecule has 1 unspecified atom stereocenters. The lowest BCUT2D eigenvalue weighted by atomic mass is 10.1. The highest BCUT2D eigenvalue weighted by atomic mass is 35.5. The van der Waals surface area contributed by atoms with Crippen molar-refractivity contribution in [3.8, 4) is 0 Å². The molecule has 1 atom stereocenters. The number of guanidine groups is 1. The molecule has 0 aromatic heterocycles. The van der Waals surface area contributed by atoms with Crippen LogP contribution in [0.3, 0.4) is 0 Å². The van der Waals surface area contributed by atoms with Gasteiger partial charge in [-0.3, -0.25) is 4.99 Å². The molecule has 0 aliphatic carbocycles. The van der Waals surface area contributed by atoms with E-state index in [1.165, 1.54) is 5.56 Å². The standard InChI is InChI=1S/C15H24ClN3/c1-11(2)12(3)19-15(17-4)18-10-9-13-5-7-14(16)8-6-13/h5-8,11-12H,9-10H2,1-4H3,(H2,17,18,19). The lowest BCUT2D eigenvalue weighted by Crippen LogP contribution is -2.44. The molecule has 19 heavy (non-hydrogen) atoms. The Labute approximate surface area is 121 Å². The predicted octanol–water partition coefficient (Wildman–Crippen LogP) is 3.09. The molecule has 1 rings (SSSR count). The van der Waals surface area contributed by atoms with Gasteiger partial charge in [0.2, 0.25) is 0 Å². The summed E-state index contributed by atoms with van der Waals surface area (Å²) in [4.78, 5) is 4.23.